The maximum Gasteiger partial charge on any atom is 0.319 e. The van der Waals surface area contributed by atoms with E-state index in [0.717, 1.165) is 42.4 Å². The fourth-order valence-electron chi connectivity index (χ4n) is 4.22. The van der Waals surface area contributed by atoms with Gasteiger partial charge in [0, 0.05) is 41.0 Å². The van der Waals surface area contributed by atoms with Crippen molar-refractivity contribution in [2.45, 2.75) is 31.7 Å². The predicted molar refractivity (Wildman–Crippen MR) is 142 cm³/mol. The minimum atomic E-state index is -0.503. The quantitative estimate of drug-likeness (QED) is 0.319. The Bertz CT molecular complexity index is 1160. The number of anilines is 3. The lowest BCUT2D eigenvalue weighted by Gasteiger charge is -2.29. The third-order valence-electron chi connectivity index (χ3n) is 5.98. The number of aromatic nitrogens is 2. The van der Waals surface area contributed by atoms with Crippen LogP contribution in [0.15, 0.2) is 45.3 Å². The summed E-state index contributed by atoms with van der Waals surface area (Å²) in [5, 5.41) is 10.00. The number of carbonyl (C=O) groups is 1. The molecule has 0 unspecified atom stereocenters. The van der Waals surface area contributed by atoms with E-state index in [2.05, 4.69) is 47.8 Å². The molecular weight excluding hydrogens is 567 g/mol. The van der Waals surface area contributed by atoms with Gasteiger partial charge in [-0.1, -0.05) is 28.1 Å². The highest BCUT2D eigenvalue weighted by molar-refractivity contribution is 9.11. The first-order chi connectivity index (χ1) is 16.3. The Balaban J connectivity index is 1.28. The summed E-state index contributed by atoms with van der Waals surface area (Å²) < 4.78 is 15.2. The molecule has 0 radical (unpaired) electrons. The zero-order chi connectivity index (χ0) is 24.2. The molecule has 3 aromatic rings. The van der Waals surface area contributed by atoms with Crippen LogP contribution in [0.3, 0.4) is 0 Å². The summed E-state index contributed by atoms with van der Waals surface area (Å²) in [6.07, 6.45) is 3.88. The summed E-state index contributed by atoms with van der Waals surface area (Å²) in [6, 6.07) is 10.9. The second-order valence-electron chi connectivity index (χ2n) is 8.72. The summed E-state index contributed by atoms with van der Waals surface area (Å²) in [5.74, 6) is 1.41. The van der Waals surface area contributed by atoms with Crippen molar-refractivity contribution in [1.82, 2.24) is 15.3 Å². The topological polar surface area (TPSA) is 82.2 Å². The molecule has 7 nitrogen and oxygen atoms in total. The summed E-state index contributed by atoms with van der Waals surface area (Å²) in [7, 11) is 3.97. The third-order valence-corrected chi connectivity index (χ3v) is 7.07. The van der Waals surface area contributed by atoms with Crippen LogP contribution in [0, 0.1) is 11.7 Å². The van der Waals surface area contributed by atoms with Crippen LogP contribution in [0.2, 0.25) is 0 Å². The van der Waals surface area contributed by atoms with Gasteiger partial charge in [0.15, 0.2) is 0 Å². The van der Waals surface area contributed by atoms with Gasteiger partial charge >= 0.3 is 6.03 Å². The number of rotatable bonds is 6. The van der Waals surface area contributed by atoms with Crippen LogP contribution >= 0.6 is 31.9 Å². The van der Waals surface area contributed by atoms with Gasteiger partial charge in [-0.2, -0.15) is 4.98 Å². The number of fused-ring (bicyclic) bond motifs is 1. The van der Waals surface area contributed by atoms with E-state index < -0.39 is 11.8 Å². The molecule has 2 aromatic carbocycles. The second-order valence-corrected chi connectivity index (χ2v) is 10.5. The first kappa shape index (κ1) is 24.7. The minimum absolute atomic E-state index is 0.126. The van der Waals surface area contributed by atoms with E-state index in [1.54, 1.807) is 6.07 Å². The summed E-state index contributed by atoms with van der Waals surface area (Å²) >= 11 is 6.51. The normalized spacial score (nSPS) is 17.9. The van der Waals surface area contributed by atoms with Gasteiger partial charge in [0.25, 0.3) is 0 Å². The molecule has 0 saturated heterocycles. The molecule has 1 aliphatic carbocycles. The summed E-state index contributed by atoms with van der Waals surface area (Å²) in [6.45, 7) is 0.547. The summed E-state index contributed by atoms with van der Waals surface area (Å²) in [4.78, 5) is 23.7. The van der Waals surface area contributed by atoms with Crippen LogP contribution in [0.1, 0.15) is 25.7 Å². The SMILES string of the molecule is CN(C)c1nc(N[C@H]2CC[C@@H](CNC(=O)Nc3c(F)cc(Br)cc3Br)CC2)nc2ccccc12. The minimum Gasteiger partial charge on any atom is -0.362 e. The van der Waals surface area contributed by atoms with Crippen LogP contribution in [0.4, 0.5) is 26.6 Å². The molecule has 34 heavy (non-hydrogen) atoms. The van der Waals surface area contributed by atoms with Crippen LogP contribution in [0.25, 0.3) is 10.9 Å². The van der Waals surface area contributed by atoms with Crippen LogP contribution in [-0.2, 0) is 0 Å². The number of carbonyl (C=O) groups excluding carboxylic acids is 1. The van der Waals surface area contributed by atoms with E-state index in [1.165, 1.54) is 6.07 Å². The fraction of sp³-hybridized carbons (Fsp3) is 0.375. The lowest BCUT2D eigenvalue weighted by atomic mass is 9.86. The third kappa shape index (κ3) is 5.96. The zero-order valence-corrected chi connectivity index (χ0v) is 22.2. The molecule has 1 fully saturated rings. The van der Waals surface area contributed by atoms with Crippen LogP contribution in [-0.4, -0.2) is 42.7 Å². The number of nitrogens with one attached hydrogen (secondary N) is 3. The van der Waals surface area contributed by atoms with Crippen molar-refractivity contribution >= 4 is 66.2 Å². The van der Waals surface area contributed by atoms with Gasteiger partial charge < -0.3 is 20.9 Å². The lowest BCUT2D eigenvalue weighted by molar-refractivity contribution is 0.246. The number of hydrogen-bond donors (Lipinski definition) is 3. The number of hydrogen-bond acceptors (Lipinski definition) is 5. The molecule has 1 heterocycles. The largest absolute Gasteiger partial charge is 0.362 e. The molecule has 4 rings (SSSR count). The number of para-hydroxylation sites is 1. The van der Waals surface area contributed by atoms with Crippen molar-refractivity contribution in [3.8, 4) is 0 Å². The Labute approximate surface area is 215 Å². The fourth-order valence-corrected chi connectivity index (χ4v) is 5.49. The molecule has 1 aromatic heterocycles. The molecule has 0 spiro atoms. The van der Waals surface area contributed by atoms with E-state index in [1.807, 2.05) is 43.3 Å². The first-order valence-electron chi connectivity index (χ1n) is 11.2. The Morgan fingerprint density at radius 1 is 1.12 bits per heavy atom. The van der Waals surface area contributed by atoms with Gasteiger partial charge in [-0.25, -0.2) is 14.2 Å². The van der Waals surface area contributed by atoms with Gasteiger partial charge in [0.2, 0.25) is 5.95 Å². The van der Waals surface area contributed by atoms with E-state index in [-0.39, 0.29) is 11.7 Å². The zero-order valence-electron chi connectivity index (χ0n) is 19.0. The van der Waals surface area contributed by atoms with Crippen molar-refractivity contribution in [1.29, 1.82) is 0 Å². The van der Waals surface area contributed by atoms with Crippen LogP contribution < -0.4 is 20.9 Å². The van der Waals surface area contributed by atoms with Crippen molar-refractivity contribution < 1.29 is 9.18 Å². The molecule has 3 N–H and O–H groups in total. The van der Waals surface area contributed by atoms with E-state index in [4.69, 9.17) is 9.97 Å². The Morgan fingerprint density at radius 2 is 1.85 bits per heavy atom. The Hall–Kier alpha value is -2.46. The number of amides is 2. The highest BCUT2D eigenvalue weighted by Crippen LogP contribution is 2.30. The number of halogens is 3. The van der Waals surface area contributed by atoms with Crippen molar-refractivity contribution in [2.24, 2.45) is 5.92 Å². The van der Waals surface area contributed by atoms with Crippen molar-refractivity contribution in [3.63, 3.8) is 0 Å². The number of nitrogens with zero attached hydrogens (tertiary/aromatic N) is 3. The Morgan fingerprint density at radius 3 is 2.56 bits per heavy atom. The maximum atomic E-state index is 14.1. The average molecular weight is 594 g/mol. The highest BCUT2D eigenvalue weighted by Gasteiger charge is 2.23. The molecule has 1 saturated carbocycles. The van der Waals surface area contributed by atoms with Crippen molar-refractivity contribution in [2.75, 3.05) is 36.2 Å². The average Bonchev–Trinajstić information content (AvgIpc) is 2.80. The lowest BCUT2D eigenvalue weighted by Crippen LogP contribution is -2.36. The van der Waals surface area contributed by atoms with Gasteiger partial charge in [-0.05, 0) is 71.8 Å². The maximum absolute atomic E-state index is 14.1. The molecule has 0 bridgehead atoms. The van der Waals surface area contributed by atoms with Crippen LogP contribution in [0.5, 0.6) is 0 Å². The van der Waals surface area contributed by atoms with E-state index in [0.29, 0.717) is 27.4 Å². The molecule has 0 aliphatic heterocycles. The van der Waals surface area contributed by atoms with E-state index >= 15 is 0 Å². The van der Waals surface area contributed by atoms with Gasteiger partial charge in [-0.3, -0.25) is 0 Å². The first-order valence-corrected chi connectivity index (χ1v) is 12.8. The van der Waals surface area contributed by atoms with Gasteiger partial charge in [-0.15, -0.1) is 0 Å². The number of benzene rings is 2. The van der Waals surface area contributed by atoms with Gasteiger partial charge in [0.1, 0.15) is 11.6 Å². The summed E-state index contributed by atoms with van der Waals surface area (Å²) in [5.41, 5.74) is 1.04. The Kier molecular flexibility index (Phi) is 7.88. The highest BCUT2D eigenvalue weighted by atomic mass is 79.9. The molecular formula is C24H27Br2FN6O. The monoisotopic (exact) mass is 592 g/mol. The van der Waals surface area contributed by atoms with Gasteiger partial charge in [0.05, 0.1) is 11.2 Å². The number of urea groups is 1. The standard InChI is InChI=1S/C24H27Br2FN6O/c1-33(2)22-17-5-3-4-6-20(17)30-23(32-22)29-16-9-7-14(8-10-16)13-28-24(34)31-21-18(26)11-15(25)12-19(21)27/h3-6,11-12,14,16H,7-10,13H2,1-2H3,(H2,28,31,34)(H,29,30,32)/t14-,16+. The van der Waals surface area contributed by atoms with Crippen molar-refractivity contribution in [3.05, 3.63) is 51.2 Å². The molecule has 2 amide bonds. The second kappa shape index (κ2) is 10.9. The molecule has 0 atom stereocenters. The van der Waals surface area contributed by atoms with E-state index in [9.17, 15) is 9.18 Å². The predicted octanol–water partition coefficient (Wildman–Crippen LogP) is 6.15. The molecule has 180 valence electrons. The smallest absolute Gasteiger partial charge is 0.319 e. The molecule has 1 aliphatic rings. The molecule has 10 heteroatoms.